The summed E-state index contributed by atoms with van der Waals surface area (Å²) in [4.78, 5) is 11.5. The predicted molar refractivity (Wildman–Crippen MR) is 72.3 cm³/mol. The molecule has 4 heteroatoms. The van der Waals surface area contributed by atoms with Crippen LogP contribution in [0.25, 0.3) is 5.57 Å². The average molecular weight is 268 g/mol. The molecule has 0 bridgehead atoms. The number of benzene rings is 1. The molecule has 3 aliphatic rings. The van der Waals surface area contributed by atoms with Crippen LogP contribution in [0.1, 0.15) is 12.0 Å². The number of ether oxygens (including phenoxy) is 1. The Morgan fingerprint density at radius 3 is 2.95 bits per heavy atom. The zero-order valence-corrected chi connectivity index (χ0v) is 10.6. The number of rotatable bonds is 0. The van der Waals surface area contributed by atoms with Gasteiger partial charge in [-0.25, -0.2) is 0 Å². The van der Waals surface area contributed by atoms with E-state index >= 15 is 0 Å². The van der Waals surface area contributed by atoms with Crippen molar-refractivity contribution in [2.75, 3.05) is 6.61 Å². The number of carbonyl (C=O) groups excluding carboxylic acids is 1. The van der Waals surface area contributed by atoms with Crippen LogP contribution in [0.15, 0.2) is 47.6 Å². The smallest absolute Gasteiger partial charge is 0.178 e. The zero-order valence-electron chi connectivity index (χ0n) is 10.6. The van der Waals surface area contributed by atoms with Crippen LogP contribution >= 0.6 is 0 Å². The molecule has 0 saturated carbocycles. The average Bonchev–Trinajstić information content (AvgIpc) is 2.70. The summed E-state index contributed by atoms with van der Waals surface area (Å²) >= 11 is 0. The van der Waals surface area contributed by atoms with Gasteiger partial charge in [0.15, 0.2) is 17.3 Å². The molecule has 20 heavy (non-hydrogen) atoms. The highest BCUT2D eigenvalue weighted by molar-refractivity contribution is 6.05. The molecule has 0 spiro atoms. The van der Waals surface area contributed by atoms with Crippen molar-refractivity contribution in [3.8, 4) is 11.5 Å². The van der Waals surface area contributed by atoms with E-state index in [1.54, 1.807) is 24.3 Å². The number of ketones is 1. The minimum Gasteiger partial charge on any atom is -0.504 e. The van der Waals surface area contributed by atoms with Gasteiger partial charge in [0.25, 0.3) is 0 Å². The van der Waals surface area contributed by atoms with E-state index in [1.165, 1.54) is 6.08 Å². The normalized spacial score (nSPS) is 26.6. The minimum atomic E-state index is -1.13. The van der Waals surface area contributed by atoms with E-state index in [0.717, 1.165) is 16.7 Å². The van der Waals surface area contributed by atoms with E-state index in [-0.39, 0.29) is 18.1 Å². The molecule has 2 aliphatic carbocycles. The van der Waals surface area contributed by atoms with Crippen molar-refractivity contribution >= 4 is 11.4 Å². The standard InChI is InChI=1S/C16H12O4/c17-10-4-5-11-9(6-10)7-16(19)8-20-15-12(14(11)16)2-1-3-13(15)18/h1-6,18-19H,7-8H2. The van der Waals surface area contributed by atoms with Crippen LogP contribution < -0.4 is 4.74 Å². The van der Waals surface area contributed by atoms with E-state index in [2.05, 4.69) is 0 Å². The maximum absolute atomic E-state index is 11.5. The Hall–Kier alpha value is -2.33. The van der Waals surface area contributed by atoms with E-state index in [9.17, 15) is 15.0 Å². The molecule has 1 atom stereocenters. The second-order valence-corrected chi connectivity index (χ2v) is 5.34. The lowest BCUT2D eigenvalue weighted by Crippen LogP contribution is -2.38. The van der Waals surface area contributed by atoms with E-state index in [0.29, 0.717) is 17.7 Å². The summed E-state index contributed by atoms with van der Waals surface area (Å²) in [5.41, 5.74) is 1.99. The fourth-order valence-corrected chi connectivity index (χ4v) is 3.20. The van der Waals surface area contributed by atoms with Crippen molar-refractivity contribution in [1.82, 2.24) is 0 Å². The number of phenolic OH excluding ortho intramolecular Hbond substituents is 1. The third-order valence-electron chi connectivity index (χ3n) is 4.01. The van der Waals surface area contributed by atoms with Crippen molar-refractivity contribution < 1.29 is 19.7 Å². The van der Waals surface area contributed by atoms with Crippen LogP contribution in [0.4, 0.5) is 0 Å². The van der Waals surface area contributed by atoms with E-state index in [1.807, 2.05) is 6.07 Å². The number of fused-ring (bicyclic) bond motifs is 4. The molecular formula is C16H12O4. The molecule has 2 N–H and O–H groups in total. The Morgan fingerprint density at radius 1 is 1.25 bits per heavy atom. The number of para-hydroxylation sites is 1. The largest absolute Gasteiger partial charge is 0.504 e. The Bertz CT molecular complexity index is 739. The number of aliphatic hydroxyl groups is 1. The second kappa shape index (κ2) is 3.61. The van der Waals surface area contributed by atoms with Crippen molar-refractivity contribution in [3.63, 3.8) is 0 Å². The lowest BCUT2D eigenvalue weighted by molar-refractivity contribution is -0.110. The molecule has 1 aromatic rings. The van der Waals surface area contributed by atoms with Gasteiger partial charge in [0, 0.05) is 17.6 Å². The molecule has 4 nitrogen and oxygen atoms in total. The number of hydrogen-bond donors (Lipinski definition) is 2. The number of allylic oxidation sites excluding steroid dienone is 4. The molecule has 1 aromatic carbocycles. The first-order valence-electron chi connectivity index (χ1n) is 6.44. The first kappa shape index (κ1) is 11.5. The first-order valence-corrected chi connectivity index (χ1v) is 6.44. The van der Waals surface area contributed by atoms with Gasteiger partial charge in [-0.1, -0.05) is 18.2 Å². The van der Waals surface area contributed by atoms with Crippen molar-refractivity contribution in [3.05, 3.63) is 53.1 Å². The quantitative estimate of drug-likeness (QED) is 0.752. The van der Waals surface area contributed by atoms with Crippen LogP contribution in [0.2, 0.25) is 0 Å². The summed E-state index contributed by atoms with van der Waals surface area (Å²) in [7, 11) is 0. The number of aromatic hydroxyl groups is 1. The molecule has 0 aromatic heterocycles. The Kier molecular flexibility index (Phi) is 2.07. The summed E-state index contributed by atoms with van der Waals surface area (Å²) < 4.78 is 5.53. The first-order chi connectivity index (χ1) is 9.58. The summed E-state index contributed by atoms with van der Waals surface area (Å²) in [6.45, 7) is 0.0791. The van der Waals surface area contributed by atoms with Gasteiger partial charge in [0.2, 0.25) is 0 Å². The summed E-state index contributed by atoms with van der Waals surface area (Å²) in [5, 5.41) is 20.7. The van der Waals surface area contributed by atoms with Crippen LogP contribution in [0, 0.1) is 0 Å². The molecular weight excluding hydrogens is 256 g/mol. The zero-order chi connectivity index (χ0) is 13.9. The highest BCUT2D eigenvalue weighted by Gasteiger charge is 2.47. The van der Waals surface area contributed by atoms with Crippen LogP contribution in [0.5, 0.6) is 11.5 Å². The maximum atomic E-state index is 11.5. The third-order valence-corrected chi connectivity index (χ3v) is 4.01. The van der Waals surface area contributed by atoms with Crippen LogP contribution in [-0.4, -0.2) is 28.2 Å². The lowest BCUT2D eigenvalue weighted by Gasteiger charge is -2.33. The van der Waals surface area contributed by atoms with Gasteiger partial charge in [-0.05, 0) is 29.4 Å². The summed E-state index contributed by atoms with van der Waals surface area (Å²) in [5.74, 6) is 0.390. The van der Waals surface area contributed by atoms with Gasteiger partial charge in [-0.2, -0.15) is 0 Å². The maximum Gasteiger partial charge on any atom is 0.178 e. The monoisotopic (exact) mass is 268 g/mol. The Morgan fingerprint density at radius 2 is 2.10 bits per heavy atom. The second-order valence-electron chi connectivity index (χ2n) is 5.34. The highest BCUT2D eigenvalue weighted by Crippen LogP contribution is 2.53. The van der Waals surface area contributed by atoms with Crippen molar-refractivity contribution in [2.24, 2.45) is 0 Å². The molecule has 1 unspecified atom stereocenters. The highest BCUT2D eigenvalue weighted by atomic mass is 16.5. The lowest BCUT2D eigenvalue weighted by atomic mass is 9.87. The van der Waals surface area contributed by atoms with E-state index in [4.69, 9.17) is 4.74 Å². The fourth-order valence-electron chi connectivity index (χ4n) is 3.20. The van der Waals surface area contributed by atoms with E-state index < -0.39 is 5.60 Å². The minimum absolute atomic E-state index is 0.0611. The summed E-state index contributed by atoms with van der Waals surface area (Å²) in [6, 6.07) is 5.09. The van der Waals surface area contributed by atoms with Gasteiger partial charge in [-0.3, -0.25) is 4.79 Å². The number of hydrogen-bond acceptors (Lipinski definition) is 4. The Labute approximate surface area is 115 Å². The fraction of sp³-hybridized carbons (Fsp3) is 0.188. The summed E-state index contributed by atoms with van der Waals surface area (Å²) in [6.07, 6.45) is 5.16. The van der Waals surface area contributed by atoms with Gasteiger partial charge in [0.1, 0.15) is 12.2 Å². The third kappa shape index (κ3) is 1.37. The van der Waals surface area contributed by atoms with Crippen molar-refractivity contribution in [2.45, 2.75) is 12.0 Å². The topological polar surface area (TPSA) is 66.8 Å². The molecule has 0 amide bonds. The Balaban J connectivity index is 2.02. The molecule has 0 radical (unpaired) electrons. The number of phenols is 1. The predicted octanol–water partition coefficient (Wildman–Crippen LogP) is 1.74. The van der Waals surface area contributed by atoms with Crippen LogP contribution in [-0.2, 0) is 4.79 Å². The van der Waals surface area contributed by atoms with Gasteiger partial charge < -0.3 is 14.9 Å². The molecule has 1 aliphatic heterocycles. The molecule has 100 valence electrons. The molecule has 0 fully saturated rings. The molecule has 1 heterocycles. The van der Waals surface area contributed by atoms with Crippen LogP contribution in [0.3, 0.4) is 0 Å². The molecule has 4 rings (SSSR count). The van der Waals surface area contributed by atoms with Gasteiger partial charge in [-0.15, -0.1) is 0 Å². The van der Waals surface area contributed by atoms with Crippen molar-refractivity contribution in [1.29, 1.82) is 0 Å². The molecule has 0 saturated heterocycles. The van der Waals surface area contributed by atoms with Gasteiger partial charge in [0.05, 0.1) is 0 Å². The SMILES string of the molecule is O=C1C=CC2=C3c4cccc(O)c4OCC3(O)CC2=C1. The number of carbonyl (C=O) groups is 1. The van der Waals surface area contributed by atoms with Gasteiger partial charge >= 0.3 is 0 Å².